The maximum atomic E-state index is 13.0. The summed E-state index contributed by atoms with van der Waals surface area (Å²) in [5.74, 6) is 0.588. The molecular formula is C16H16F3N5O2S. The molecule has 1 saturated heterocycles. The van der Waals surface area contributed by atoms with Crippen molar-refractivity contribution in [3.8, 4) is 6.07 Å². The minimum absolute atomic E-state index is 0.0677. The molecule has 0 saturated carbocycles. The molecular weight excluding hydrogens is 383 g/mol. The molecule has 1 unspecified atom stereocenters. The van der Waals surface area contributed by atoms with E-state index in [1.807, 2.05) is 11.9 Å². The zero-order valence-corrected chi connectivity index (χ0v) is 15.0. The summed E-state index contributed by atoms with van der Waals surface area (Å²) in [5, 5.41) is 9.19. The van der Waals surface area contributed by atoms with E-state index in [1.165, 1.54) is 4.31 Å². The number of nitrogens with one attached hydrogen (secondary N) is 1. The second-order valence-corrected chi connectivity index (χ2v) is 8.06. The van der Waals surface area contributed by atoms with Crippen LogP contribution in [0.2, 0.25) is 0 Å². The van der Waals surface area contributed by atoms with Gasteiger partial charge in [-0.1, -0.05) is 0 Å². The van der Waals surface area contributed by atoms with Crippen molar-refractivity contribution in [1.82, 2.24) is 19.2 Å². The summed E-state index contributed by atoms with van der Waals surface area (Å²) in [5.41, 5.74) is -1.59. The summed E-state index contributed by atoms with van der Waals surface area (Å²) in [6.45, 7) is 0.632. The van der Waals surface area contributed by atoms with Gasteiger partial charge in [-0.3, -0.25) is 4.90 Å². The van der Waals surface area contributed by atoms with Crippen molar-refractivity contribution in [3.63, 3.8) is 0 Å². The number of rotatable bonds is 3. The highest BCUT2D eigenvalue weighted by Gasteiger charge is 2.37. The van der Waals surface area contributed by atoms with E-state index < -0.39 is 32.2 Å². The first-order chi connectivity index (χ1) is 12.6. The van der Waals surface area contributed by atoms with Crippen LogP contribution in [0.5, 0.6) is 0 Å². The number of nitrogens with zero attached hydrogens (tertiary/aromatic N) is 4. The van der Waals surface area contributed by atoms with Gasteiger partial charge < -0.3 is 4.98 Å². The number of nitriles is 1. The first kappa shape index (κ1) is 19.3. The lowest BCUT2D eigenvalue weighted by Crippen LogP contribution is -2.49. The van der Waals surface area contributed by atoms with E-state index in [2.05, 4.69) is 9.97 Å². The van der Waals surface area contributed by atoms with Gasteiger partial charge in [-0.05, 0) is 25.2 Å². The van der Waals surface area contributed by atoms with E-state index in [-0.39, 0.29) is 19.1 Å². The monoisotopic (exact) mass is 399 g/mol. The number of imidazole rings is 1. The minimum Gasteiger partial charge on any atom is -0.347 e. The molecule has 1 N–H and O–H groups in total. The van der Waals surface area contributed by atoms with Crippen molar-refractivity contribution in [2.75, 3.05) is 26.7 Å². The Morgan fingerprint density at radius 2 is 2.07 bits per heavy atom. The summed E-state index contributed by atoms with van der Waals surface area (Å²) in [6.07, 6.45) is -1.48. The largest absolute Gasteiger partial charge is 0.416 e. The van der Waals surface area contributed by atoms with Gasteiger partial charge in [-0.25, -0.2) is 13.4 Å². The van der Waals surface area contributed by atoms with Gasteiger partial charge in [-0.2, -0.15) is 22.7 Å². The lowest BCUT2D eigenvalue weighted by atomic mass is 10.1. The van der Waals surface area contributed by atoms with Crippen LogP contribution in [-0.2, 0) is 16.2 Å². The van der Waals surface area contributed by atoms with Crippen LogP contribution in [0.4, 0.5) is 13.2 Å². The summed E-state index contributed by atoms with van der Waals surface area (Å²) in [6, 6.07) is 3.32. The lowest BCUT2D eigenvalue weighted by molar-refractivity contribution is -0.137. The van der Waals surface area contributed by atoms with Crippen molar-refractivity contribution in [3.05, 3.63) is 47.5 Å². The summed E-state index contributed by atoms with van der Waals surface area (Å²) in [4.78, 5) is 8.60. The van der Waals surface area contributed by atoms with Gasteiger partial charge in [0.05, 0.1) is 22.1 Å². The maximum absolute atomic E-state index is 13.0. The number of likely N-dealkylation sites (N-methyl/N-ethyl adjacent to an activating group) is 1. The third-order valence-electron chi connectivity index (χ3n) is 4.49. The Hall–Kier alpha value is -2.42. The number of halogens is 3. The molecule has 27 heavy (non-hydrogen) atoms. The fourth-order valence-electron chi connectivity index (χ4n) is 2.98. The quantitative estimate of drug-likeness (QED) is 0.852. The first-order valence-corrected chi connectivity index (χ1v) is 9.39. The van der Waals surface area contributed by atoms with Crippen molar-refractivity contribution >= 4 is 10.0 Å². The van der Waals surface area contributed by atoms with Crippen LogP contribution in [0.3, 0.4) is 0 Å². The van der Waals surface area contributed by atoms with Crippen LogP contribution in [0.15, 0.2) is 35.5 Å². The molecule has 0 spiro atoms. The predicted molar refractivity (Wildman–Crippen MR) is 88.9 cm³/mol. The van der Waals surface area contributed by atoms with Crippen LogP contribution in [0.25, 0.3) is 0 Å². The van der Waals surface area contributed by atoms with Gasteiger partial charge in [0.25, 0.3) is 0 Å². The molecule has 11 heteroatoms. The first-order valence-electron chi connectivity index (χ1n) is 7.95. The van der Waals surface area contributed by atoms with Gasteiger partial charge in [-0.15, -0.1) is 0 Å². The molecule has 0 aliphatic carbocycles. The lowest BCUT2D eigenvalue weighted by Gasteiger charge is -2.37. The van der Waals surface area contributed by atoms with Crippen LogP contribution >= 0.6 is 0 Å². The molecule has 144 valence electrons. The van der Waals surface area contributed by atoms with Crippen molar-refractivity contribution in [2.24, 2.45) is 0 Å². The highest BCUT2D eigenvalue weighted by molar-refractivity contribution is 7.89. The Morgan fingerprint density at radius 1 is 1.33 bits per heavy atom. The van der Waals surface area contributed by atoms with Gasteiger partial charge in [0, 0.05) is 32.0 Å². The molecule has 1 aromatic carbocycles. The highest BCUT2D eigenvalue weighted by atomic mass is 32.2. The van der Waals surface area contributed by atoms with Crippen molar-refractivity contribution in [1.29, 1.82) is 5.26 Å². The smallest absolute Gasteiger partial charge is 0.347 e. The Morgan fingerprint density at radius 3 is 2.67 bits per heavy atom. The average molecular weight is 399 g/mol. The van der Waals surface area contributed by atoms with E-state index in [1.54, 1.807) is 18.5 Å². The molecule has 2 aromatic rings. The number of hydrogen-bond donors (Lipinski definition) is 1. The molecule has 0 amide bonds. The number of sulfonamides is 1. The molecule has 1 fully saturated rings. The van der Waals surface area contributed by atoms with E-state index in [4.69, 9.17) is 0 Å². The summed E-state index contributed by atoms with van der Waals surface area (Å²) < 4.78 is 65.7. The number of H-pyrrole nitrogens is 1. The Labute approximate surface area is 154 Å². The third kappa shape index (κ3) is 3.69. The maximum Gasteiger partial charge on any atom is 0.416 e. The highest BCUT2D eigenvalue weighted by Crippen LogP contribution is 2.33. The normalized spacial score (nSPS) is 19.7. The molecule has 1 aliphatic rings. The fourth-order valence-corrected chi connectivity index (χ4v) is 4.54. The number of hydrogen-bond acceptors (Lipinski definition) is 5. The van der Waals surface area contributed by atoms with E-state index in [9.17, 15) is 26.9 Å². The van der Waals surface area contributed by atoms with Crippen molar-refractivity contribution in [2.45, 2.75) is 17.1 Å². The third-order valence-corrected chi connectivity index (χ3v) is 6.41. The summed E-state index contributed by atoms with van der Waals surface area (Å²) in [7, 11) is -2.31. The van der Waals surface area contributed by atoms with E-state index in [0.717, 1.165) is 6.07 Å². The zero-order chi connectivity index (χ0) is 19.8. The topological polar surface area (TPSA) is 93.1 Å². The van der Waals surface area contributed by atoms with Gasteiger partial charge >= 0.3 is 6.18 Å². The van der Waals surface area contributed by atoms with Crippen LogP contribution in [0.1, 0.15) is 23.0 Å². The molecule has 1 atom stereocenters. The van der Waals surface area contributed by atoms with Crippen LogP contribution in [-0.4, -0.2) is 54.3 Å². The van der Waals surface area contributed by atoms with E-state index >= 15 is 0 Å². The fraction of sp³-hybridized carbons (Fsp3) is 0.375. The number of alkyl halides is 3. The van der Waals surface area contributed by atoms with Gasteiger partial charge in [0.1, 0.15) is 11.9 Å². The van der Waals surface area contributed by atoms with E-state index in [0.29, 0.717) is 24.5 Å². The second kappa shape index (κ2) is 6.95. The minimum atomic E-state index is -4.66. The van der Waals surface area contributed by atoms with Crippen LogP contribution < -0.4 is 0 Å². The average Bonchev–Trinajstić information content (AvgIpc) is 3.15. The predicted octanol–water partition coefficient (Wildman–Crippen LogP) is 1.98. The number of piperazine rings is 1. The van der Waals surface area contributed by atoms with Crippen molar-refractivity contribution < 1.29 is 21.6 Å². The molecule has 1 aromatic heterocycles. The molecule has 7 nitrogen and oxygen atoms in total. The molecule has 0 radical (unpaired) electrons. The zero-order valence-electron chi connectivity index (χ0n) is 14.2. The number of aromatic nitrogens is 2. The molecule has 2 heterocycles. The number of benzene rings is 1. The molecule has 1 aliphatic heterocycles. The summed E-state index contributed by atoms with van der Waals surface area (Å²) >= 11 is 0. The van der Waals surface area contributed by atoms with Gasteiger partial charge in [0.2, 0.25) is 10.0 Å². The molecule has 3 rings (SSSR count). The van der Waals surface area contributed by atoms with Crippen LogP contribution in [0, 0.1) is 11.3 Å². The SMILES string of the molecule is CN1CCN(S(=O)(=O)c2ccc(C(F)(F)F)cc2C#N)CC1c1ncc[nH]1. The Kier molecular flexibility index (Phi) is 4.98. The second-order valence-electron chi connectivity index (χ2n) is 6.15. The standard InChI is InChI=1S/C16H16F3N5O2S/c1-23-6-7-24(10-13(23)15-21-4-5-22-15)27(25,26)14-3-2-12(16(17,18)19)8-11(14)9-20/h2-5,8,13H,6-7,10H2,1H3,(H,21,22). The Balaban J connectivity index is 1.96. The Bertz CT molecular complexity index is 967. The molecule has 0 bridgehead atoms. The number of aromatic amines is 1. The van der Waals surface area contributed by atoms with Gasteiger partial charge in [0.15, 0.2) is 0 Å².